The summed E-state index contributed by atoms with van der Waals surface area (Å²) in [5, 5.41) is 0. The zero-order valence-corrected chi connectivity index (χ0v) is 7.10. The van der Waals surface area contributed by atoms with Crippen molar-refractivity contribution in [2.75, 3.05) is 13.2 Å². The second-order valence-electron chi connectivity index (χ2n) is 2.33. The molecule has 1 heterocycles. The highest BCUT2D eigenvalue weighted by molar-refractivity contribution is 4.62. The van der Waals surface area contributed by atoms with Crippen molar-refractivity contribution in [2.45, 2.75) is 39.2 Å². The molecule has 0 aromatic heterocycles. The molecule has 1 rings (SSSR count). The van der Waals surface area contributed by atoms with E-state index in [1.165, 1.54) is 12.8 Å². The van der Waals surface area contributed by atoms with Crippen LogP contribution in [0.3, 0.4) is 0 Å². The Morgan fingerprint density at radius 1 is 1.30 bits per heavy atom. The topological polar surface area (TPSA) is 35.2 Å². The van der Waals surface area contributed by atoms with Gasteiger partial charge in [-0.15, -0.1) is 0 Å². The van der Waals surface area contributed by atoms with Gasteiger partial charge in [0, 0.05) is 12.6 Å². The van der Waals surface area contributed by atoms with Crippen molar-refractivity contribution in [3.63, 3.8) is 0 Å². The zero-order chi connectivity index (χ0) is 7.82. The van der Waals surface area contributed by atoms with E-state index in [2.05, 4.69) is 0 Å². The first kappa shape index (κ1) is 9.92. The van der Waals surface area contributed by atoms with E-state index in [1.807, 2.05) is 13.8 Å². The monoisotopic (exact) mass is 145 g/mol. The third-order valence-corrected chi connectivity index (χ3v) is 1.45. The average Bonchev–Trinajstić information content (AvgIpc) is 2.21. The number of hydrogen-bond donors (Lipinski definition) is 1. The third kappa shape index (κ3) is 4.77. The van der Waals surface area contributed by atoms with E-state index in [4.69, 9.17) is 10.5 Å². The van der Waals surface area contributed by atoms with E-state index in [9.17, 15) is 0 Å². The molecule has 0 aromatic carbocycles. The molecule has 1 saturated heterocycles. The van der Waals surface area contributed by atoms with E-state index >= 15 is 0 Å². The molecule has 2 nitrogen and oxygen atoms in total. The van der Waals surface area contributed by atoms with Crippen molar-refractivity contribution < 1.29 is 4.74 Å². The lowest BCUT2D eigenvalue weighted by molar-refractivity contribution is 0.135. The van der Waals surface area contributed by atoms with Gasteiger partial charge in [0.05, 0.1) is 6.61 Å². The fourth-order valence-electron chi connectivity index (χ4n) is 0.929. The van der Waals surface area contributed by atoms with Gasteiger partial charge in [-0.25, -0.2) is 0 Å². The summed E-state index contributed by atoms with van der Waals surface area (Å²) in [6.45, 7) is 5.67. The lowest BCUT2D eigenvalue weighted by Gasteiger charge is -2.03. The van der Waals surface area contributed by atoms with Crippen LogP contribution in [0.1, 0.15) is 33.1 Å². The van der Waals surface area contributed by atoms with Crippen molar-refractivity contribution in [2.24, 2.45) is 5.73 Å². The third-order valence-electron chi connectivity index (χ3n) is 1.45. The van der Waals surface area contributed by atoms with Crippen LogP contribution in [0.4, 0.5) is 0 Å². The standard InChI is InChI=1S/C6H13NO.C2H6/c7-6-3-1-2-4-8-5-6;1-2/h6H,1-5,7H2;1-2H3/t6-;/m1./s1. The van der Waals surface area contributed by atoms with Crippen molar-refractivity contribution in [1.82, 2.24) is 0 Å². The summed E-state index contributed by atoms with van der Waals surface area (Å²) in [7, 11) is 0. The smallest absolute Gasteiger partial charge is 0.0617 e. The lowest BCUT2D eigenvalue weighted by atomic mass is 10.2. The Morgan fingerprint density at radius 3 is 2.70 bits per heavy atom. The lowest BCUT2D eigenvalue weighted by Crippen LogP contribution is -2.23. The normalized spacial score (nSPS) is 26.1. The van der Waals surface area contributed by atoms with Gasteiger partial charge in [-0.05, 0) is 19.3 Å². The fraction of sp³-hybridized carbons (Fsp3) is 1.00. The van der Waals surface area contributed by atoms with Crippen LogP contribution in [0.5, 0.6) is 0 Å². The van der Waals surface area contributed by atoms with Gasteiger partial charge in [-0.2, -0.15) is 0 Å². The quantitative estimate of drug-likeness (QED) is 0.561. The van der Waals surface area contributed by atoms with Crippen LogP contribution in [-0.4, -0.2) is 19.3 Å². The number of rotatable bonds is 0. The molecule has 2 heteroatoms. The van der Waals surface area contributed by atoms with Gasteiger partial charge in [0.2, 0.25) is 0 Å². The molecule has 0 bridgehead atoms. The van der Waals surface area contributed by atoms with Crippen molar-refractivity contribution in [1.29, 1.82) is 0 Å². The molecule has 62 valence electrons. The molecular formula is C8H19NO. The maximum absolute atomic E-state index is 5.61. The Bertz CT molecular complexity index is 58.3. The zero-order valence-electron chi connectivity index (χ0n) is 7.10. The first-order valence-electron chi connectivity index (χ1n) is 4.23. The van der Waals surface area contributed by atoms with E-state index in [-0.39, 0.29) is 0 Å². The molecule has 0 radical (unpaired) electrons. The second kappa shape index (κ2) is 7.03. The molecule has 0 unspecified atom stereocenters. The fourth-order valence-corrected chi connectivity index (χ4v) is 0.929. The summed E-state index contributed by atoms with van der Waals surface area (Å²) in [5.41, 5.74) is 5.61. The molecule has 0 spiro atoms. The molecule has 0 aliphatic carbocycles. The Kier molecular flexibility index (Phi) is 6.98. The summed E-state index contributed by atoms with van der Waals surface area (Å²) >= 11 is 0. The van der Waals surface area contributed by atoms with Gasteiger partial charge in [-0.3, -0.25) is 0 Å². The molecule has 10 heavy (non-hydrogen) atoms. The van der Waals surface area contributed by atoms with Crippen LogP contribution in [0.25, 0.3) is 0 Å². The molecule has 0 saturated carbocycles. The average molecular weight is 145 g/mol. The van der Waals surface area contributed by atoms with Crippen molar-refractivity contribution in [3.8, 4) is 0 Å². The van der Waals surface area contributed by atoms with Gasteiger partial charge in [0.25, 0.3) is 0 Å². The Labute approximate surface area is 63.7 Å². The Balaban J connectivity index is 0.000000371. The van der Waals surface area contributed by atoms with Crippen LogP contribution >= 0.6 is 0 Å². The SMILES string of the molecule is CC.N[C@@H]1CCCCOC1. The van der Waals surface area contributed by atoms with Crippen LogP contribution in [0.2, 0.25) is 0 Å². The van der Waals surface area contributed by atoms with Crippen LogP contribution in [-0.2, 0) is 4.74 Å². The molecule has 1 fully saturated rings. The highest BCUT2D eigenvalue weighted by Crippen LogP contribution is 2.04. The second-order valence-corrected chi connectivity index (χ2v) is 2.33. The van der Waals surface area contributed by atoms with Gasteiger partial charge in [0.15, 0.2) is 0 Å². The van der Waals surface area contributed by atoms with Gasteiger partial charge >= 0.3 is 0 Å². The maximum Gasteiger partial charge on any atom is 0.0617 e. The number of nitrogens with two attached hydrogens (primary N) is 1. The summed E-state index contributed by atoms with van der Waals surface area (Å²) in [6.07, 6.45) is 3.56. The molecule has 0 aromatic rings. The van der Waals surface area contributed by atoms with Gasteiger partial charge in [0.1, 0.15) is 0 Å². The highest BCUT2D eigenvalue weighted by atomic mass is 16.5. The molecule has 1 aliphatic rings. The van der Waals surface area contributed by atoms with E-state index in [0.717, 1.165) is 19.6 Å². The molecular weight excluding hydrogens is 126 g/mol. The Morgan fingerprint density at radius 2 is 2.00 bits per heavy atom. The summed E-state index contributed by atoms with van der Waals surface area (Å²) < 4.78 is 5.18. The highest BCUT2D eigenvalue weighted by Gasteiger charge is 2.05. The summed E-state index contributed by atoms with van der Waals surface area (Å²) in [5.74, 6) is 0. The largest absolute Gasteiger partial charge is 0.380 e. The minimum Gasteiger partial charge on any atom is -0.380 e. The first-order chi connectivity index (χ1) is 4.89. The minimum atomic E-state index is 0.303. The summed E-state index contributed by atoms with van der Waals surface area (Å²) in [4.78, 5) is 0. The maximum atomic E-state index is 5.61. The molecule has 0 amide bonds. The van der Waals surface area contributed by atoms with Gasteiger partial charge in [-0.1, -0.05) is 13.8 Å². The molecule has 1 atom stereocenters. The van der Waals surface area contributed by atoms with E-state index < -0.39 is 0 Å². The van der Waals surface area contributed by atoms with E-state index in [1.54, 1.807) is 0 Å². The van der Waals surface area contributed by atoms with E-state index in [0.29, 0.717) is 6.04 Å². The summed E-state index contributed by atoms with van der Waals surface area (Å²) in [6, 6.07) is 0.303. The van der Waals surface area contributed by atoms with Crippen LogP contribution in [0, 0.1) is 0 Å². The molecule has 2 N–H and O–H groups in total. The molecule has 1 aliphatic heterocycles. The predicted molar refractivity (Wildman–Crippen MR) is 44.0 cm³/mol. The first-order valence-corrected chi connectivity index (χ1v) is 4.23. The van der Waals surface area contributed by atoms with Crippen molar-refractivity contribution >= 4 is 0 Å². The Hall–Kier alpha value is -0.0800. The van der Waals surface area contributed by atoms with Crippen LogP contribution in [0.15, 0.2) is 0 Å². The van der Waals surface area contributed by atoms with Gasteiger partial charge < -0.3 is 10.5 Å². The predicted octanol–water partition coefficient (Wildman–Crippen LogP) is 1.54. The van der Waals surface area contributed by atoms with Crippen molar-refractivity contribution in [3.05, 3.63) is 0 Å². The minimum absolute atomic E-state index is 0.303. The van der Waals surface area contributed by atoms with Crippen LogP contribution < -0.4 is 5.73 Å². The number of ether oxygens (including phenoxy) is 1. The number of hydrogen-bond acceptors (Lipinski definition) is 2.